The molecule has 1 aliphatic heterocycles. The Labute approximate surface area is 164 Å². The van der Waals surface area contributed by atoms with Gasteiger partial charge in [-0.05, 0) is 55.0 Å². The second kappa shape index (κ2) is 8.75. The first kappa shape index (κ1) is 19.7. The average Bonchev–Trinajstić information content (AvgIpc) is 3.12. The zero-order valence-electron chi connectivity index (χ0n) is 16.1. The molecule has 0 unspecified atom stereocenters. The Hall–Kier alpha value is -3.06. The Bertz CT molecular complexity index is 821. The predicted molar refractivity (Wildman–Crippen MR) is 110 cm³/mol. The van der Waals surface area contributed by atoms with Crippen LogP contribution in [0.2, 0.25) is 0 Å². The highest BCUT2D eigenvalue weighted by atomic mass is 16.3. The van der Waals surface area contributed by atoms with Crippen molar-refractivity contribution in [1.29, 1.82) is 0 Å². The Balaban J connectivity index is 1.64. The molecule has 1 saturated heterocycles. The maximum absolute atomic E-state index is 12.9. The Morgan fingerprint density at radius 3 is 2.04 bits per heavy atom. The van der Waals surface area contributed by atoms with Crippen molar-refractivity contribution in [3.8, 4) is 0 Å². The lowest BCUT2D eigenvalue weighted by atomic mass is 10.1. The highest BCUT2D eigenvalue weighted by molar-refractivity contribution is 5.96. The number of aliphatic hydroxyl groups excluding tert-OH is 1. The van der Waals surface area contributed by atoms with Gasteiger partial charge in [-0.3, -0.25) is 9.59 Å². The van der Waals surface area contributed by atoms with E-state index in [9.17, 15) is 14.7 Å². The van der Waals surface area contributed by atoms with E-state index in [0.29, 0.717) is 24.1 Å². The number of nitrogens with zero attached hydrogens (tertiary/aromatic N) is 1. The fourth-order valence-electron chi connectivity index (χ4n) is 3.38. The molecule has 1 fully saturated rings. The van der Waals surface area contributed by atoms with Gasteiger partial charge in [-0.15, -0.1) is 0 Å². The molecule has 4 N–H and O–H groups in total. The number of amides is 2. The van der Waals surface area contributed by atoms with E-state index in [-0.39, 0.29) is 24.4 Å². The van der Waals surface area contributed by atoms with Crippen LogP contribution in [0.25, 0.3) is 0 Å². The smallest absolute Gasteiger partial charge is 0.254 e. The quantitative estimate of drug-likeness (QED) is 0.611. The molecule has 2 aromatic rings. The maximum atomic E-state index is 12.9. The van der Waals surface area contributed by atoms with Gasteiger partial charge in [0.15, 0.2) is 0 Å². The number of aliphatic hydroxyl groups is 1. The molecule has 1 aliphatic rings. The molecule has 0 aromatic heterocycles. The van der Waals surface area contributed by atoms with Crippen LogP contribution in [0, 0.1) is 0 Å². The summed E-state index contributed by atoms with van der Waals surface area (Å²) in [7, 11) is 3.64. The third-order valence-electron chi connectivity index (χ3n) is 5.01. The number of nitrogens with one attached hydrogen (secondary N) is 3. The molecule has 0 bridgehead atoms. The molecular weight excluding hydrogens is 356 g/mol. The van der Waals surface area contributed by atoms with Gasteiger partial charge >= 0.3 is 0 Å². The first-order chi connectivity index (χ1) is 13.5. The van der Waals surface area contributed by atoms with E-state index in [0.717, 1.165) is 11.4 Å². The lowest BCUT2D eigenvalue weighted by Gasteiger charge is -2.25. The zero-order chi connectivity index (χ0) is 20.1. The number of carbonyl (C=O) groups excluding carboxylic acids is 2. The molecule has 2 aromatic carbocycles. The predicted octanol–water partition coefficient (Wildman–Crippen LogP) is 1.78. The SMILES string of the molecule is CNc1ccc(C(=O)NC[C@H]2C[C@@H](O)CN2C(=O)c2ccc(NC)cc2)cc1. The molecule has 0 aliphatic carbocycles. The second-order valence-corrected chi connectivity index (χ2v) is 6.87. The van der Waals surface area contributed by atoms with E-state index in [1.807, 2.05) is 38.4 Å². The van der Waals surface area contributed by atoms with E-state index in [2.05, 4.69) is 16.0 Å². The zero-order valence-corrected chi connectivity index (χ0v) is 16.1. The van der Waals surface area contributed by atoms with Crippen molar-refractivity contribution in [3.63, 3.8) is 0 Å². The molecule has 0 saturated carbocycles. The number of hydrogen-bond acceptors (Lipinski definition) is 5. The van der Waals surface area contributed by atoms with Crippen LogP contribution in [0.1, 0.15) is 27.1 Å². The van der Waals surface area contributed by atoms with Crippen molar-refractivity contribution in [2.24, 2.45) is 0 Å². The number of rotatable bonds is 6. The van der Waals surface area contributed by atoms with Crippen molar-refractivity contribution in [1.82, 2.24) is 10.2 Å². The fraction of sp³-hybridized carbons (Fsp3) is 0.333. The van der Waals surface area contributed by atoms with Crippen LogP contribution < -0.4 is 16.0 Å². The van der Waals surface area contributed by atoms with Gasteiger partial charge in [-0.2, -0.15) is 0 Å². The lowest BCUT2D eigenvalue weighted by molar-refractivity contribution is 0.0707. The monoisotopic (exact) mass is 382 g/mol. The lowest BCUT2D eigenvalue weighted by Crippen LogP contribution is -2.43. The largest absolute Gasteiger partial charge is 0.391 e. The molecule has 2 amide bonds. The van der Waals surface area contributed by atoms with Gasteiger partial charge in [0.2, 0.25) is 0 Å². The highest BCUT2D eigenvalue weighted by Gasteiger charge is 2.34. The third kappa shape index (κ3) is 4.43. The summed E-state index contributed by atoms with van der Waals surface area (Å²) >= 11 is 0. The summed E-state index contributed by atoms with van der Waals surface area (Å²) in [6.07, 6.45) is -0.142. The van der Waals surface area contributed by atoms with Crippen molar-refractivity contribution in [2.45, 2.75) is 18.6 Å². The minimum Gasteiger partial charge on any atom is -0.391 e. The minimum atomic E-state index is -0.586. The number of benzene rings is 2. The van der Waals surface area contributed by atoms with Gasteiger partial charge in [-0.25, -0.2) is 0 Å². The molecule has 2 atom stereocenters. The Morgan fingerprint density at radius 1 is 0.964 bits per heavy atom. The normalized spacial score (nSPS) is 18.6. The van der Waals surface area contributed by atoms with Crippen LogP contribution in [-0.4, -0.2) is 61.2 Å². The fourth-order valence-corrected chi connectivity index (χ4v) is 3.38. The Kier molecular flexibility index (Phi) is 6.16. The van der Waals surface area contributed by atoms with Crippen LogP contribution >= 0.6 is 0 Å². The summed E-state index contributed by atoms with van der Waals surface area (Å²) in [5.41, 5.74) is 2.97. The van der Waals surface area contributed by atoms with Gasteiger partial charge in [0.05, 0.1) is 12.1 Å². The topological polar surface area (TPSA) is 93.7 Å². The molecule has 3 rings (SSSR count). The summed E-state index contributed by atoms with van der Waals surface area (Å²) in [6.45, 7) is 0.564. The Morgan fingerprint density at radius 2 is 1.50 bits per heavy atom. The van der Waals surface area contributed by atoms with Gasteiger partial charge in [0.25, 0.3) is 11.8 Å². The summed E-state index contributed by atoms with van der Waals surface area (Å²) in [5, 5.41) is 19.0. The van der Waals surface area contributed by atoms with Crippen molar-refractivity contribution in [2.75, 3.05) is 37.8 Å². The van der Waals surface area contributed by atoms with Crippen molar-refractivity contribution < 1.29 is 14.7 Å². The van der Waals surface area contributed by atoms with Gasteiger partial charge in [0.1, 0.15) is 0 Å². The minimum absolute atomic E-state index is 0.142. The number of likely N-dealkylation sites (tertiary alicyclic amines) is 1. The first-order valence-electron chi connectivity index (χ1n) is 9.34. The molecule has 0 radical (unpaired) electrons. The summed E-state index contributed by atoms with van der Waals surface area (Å²) in [5.74, 6) is -0.341. The van der Waals surface area contributed by atoms with E-state index in [1.165, 1.54) is 0 Å². The van der Waals surface area contributed by atoms with Crippen molar-refractivity contribution in [3.05, 3.63) is 59.7 Å². The van der Waals surface area contributed by atoms with Gasteiger partial charge < -0.3 is 26.0 Å². The average molecular weight is 382 g/mol. The number of β-amino-alcohol motifs (C(OH)–C–C–N with tert-alkyl or cyclic N) is 1. The van der Waals surface area contributed by atoms with Crippen LogP contribution in [0.15, 0.2) is 48.5 Å². The van der Waals surface area contributed by atoms with Crippen molar-refractivity contribution >= 4 is 23.2 Å². The van der Waals surface area contributed by atoms with Crippen LogP contribution in [0.3, 0.4) is 0 Å². The van der Waals surface area contributed by atoms with E-state index >= 15 is 0 Å². The molecule has 7 nitrogen and oxygen atoms in total. The van der Waals surface area contributed by atoms with E-state index < -0.39 is 6.10 Å². The first-order valence-corrected chi connectivity index (χ1v) is 9.34. The third-order valence-corrected chi connectivity index (χ3v) is 5.01. The number of hydrogen-bond donors (Lipinski definition) is 4. The molecule has 0 spiro atoms. The number of anilines is 2. The highest BCUT2D eigenvalue weighted by Crippen LogP contribution is 2.21. The second-order valence-electron chi connectivity index (χ2n) is 6.87. The van der Waals surface area contributed by atoms with E-state index in [4.69, 9.17) is 0 Å². The molecular formula is C21H26N4O3. The molecule has 28 heavy (non-hydrogen) atoms. The molecule has 7 heteroatoms. The standard InChI is InChI=1S/C21H26N4O3/c1-22-16-7-3-14(4-8-16)20(27)24-12-18-11-19(26)13-25(18)21(28)15-5-9-17(23-2)10-6-15/h3-10,18-19,22-23,26H,11-13H2,1-2H3,(H,24,27)/t18-,19-/m1/s1. The van der Waals surface area contributed by atoms with Gasteiger partial charge in [-0.1, -0.05) is 0 Å². The molecule has 1 heterocycles. The van der Waals surface area contributed by atoms with Gasteiger partial charge in [0, 0.05) is 49.7 Å². The number of carbonyl (C=O) groups is 2. The summed E-state index contributed by atoms with van der Waals surface area (Å²) < 4.78 is 0. The molecule has 148 valence electrons. The summed E-state index contributed by atoms with van der Waals surface area (Å²) in [6, 6.07) is 14.1. The maximum Gasteiger partial charge on any atom is 0.254 e. The van der Waals surface area contributed by atoms with E-state index in [1.54, 1.807) is 29.2 Å². The van der Waals surface area contributed by atoms with Crippen LogP contribution in [0.4, 0.5) is 11.4 Å². The summed E-state index contributed by atoms with van der Waals surface area (Å²) in [4.78, 5) is 26.9. The van der Waals surface area contributed by atoms with Crippen LogP contribution in [-0.2, 0) is 0 Å². The van der Waals surface area contributed by atoms with Crippen LogP contribution in [0.5, 0.6) is 0 Å².